The number of aryl methyl sites for hydroxylation is 2. The van der Waals surface area contributed by atoms with Crippen LogP contribution in [0.3, 0.4) is 0 Å². The number of halogens is 1. The molecule has 3 aromatic rings. The molecule has 0 bridgehead atoms. The highest BCUT2D eigenvalue weighted by Crippen LogP contribution is 2.23. The minimum Gasteiger partial charge on any atom is -0.483 e. The molecule has 0 spiro atoms. The van der Waals surface area contributed by atoms with Crippen molar-refractivity contribution in [3.05, 3.63) is 75.3 Å². The van der Waals surface area contributed by atoms with Crippen molar-refractivity contribution in [2.75, 3.05) is 11.9 Å². The Bertz CT molecular complexity index is 886. The first-order valence-corrected chi connectivity index (χ1v) is 9.39. The fraction of sp³-hybridized carbons (Fsp3) is 0.200. The zero-order chi connectivity index (χ0) is 18.5. The molecule has 1 amide bonds. The molecule has 0 aliphatic carbocycles. The van der Waals surface area contributed by atoms with Gasteiger partial charge in [0.25, 0.3) is 5.91 Å². The number of para-hydroxylation sites is 1. The van der Waals surface area contributed by atoms with Crippen LogP contribution in [0.2, 0.25) is 5.02 Å². The maximum atomic E-state index is 12.1. The summed E-state index contributed by atoms with van der Waals surface area (Å²) in [5.41, 5.74) is 3.17. The lowest BCUT2D eigenvalue weighted by molar-refractivity contribution is -0.118. The summed E-state index contributed by atoms with van der Waals surface area (Å²) in [5.74, 6) is 0.533. The van der Waals surface area contributed by atoms with E-state index in [0.717, 1.165) is 38.8 Å². The predicted molar refractivity (Wildman–Crippen MR) is 106 cm³/mol. The molecule has 1 aromatic heterocycles. The van der Waals surface area contributed by atoms with E-state index in [2.05, 4.69) is 10.3 Å². The quantitative estimate of drug-likeness (QED) is 0.647. The van der Waals surface area contributed by atoms with Crippen LogP contribution in [0, 0.1) is 13.8 Å². The van der Waals surface area contributed by atoms with Crippen molar-refractivity contribution in [3.63, 3.8) is 0 Å². The Morgan fingerprint density at radius 1 is 1.15 bits per heavy atom. The third-order valence-electron chi connectivity index (χ3n) is 3.85. The molecule has 0 fully saturated rings. The minimum absolute atomic E-state index is 0.0439. The molecule has 0 unspecified atom stereocenters. The molecule has 3 rings (SSSR count). The second-order valence-corrected chi connectivity index (χ2v) is 7.54. The number of nitrogens with one attached hydrogen (secondary N) is 1. The summed E-state index contributed by atoms with van der Waals surface area (Å²) in [7, 11) is 0. The molecular weight excluding hydrogens is 368 g/mol. The van der Waals surface area contributed by atoms with E-state index in [1.807, 2.05) is 56.3 Å². The van der Waals surface area contributed by atoms with Gasteiger partial charge < -0.3 is 4.74 Å². The third kappa shape index (κ3) is 4.84. The number of ether oxygens (including phenoxy) is 1. The summed E-state index contributed by atoms with van der Waals surface area (Å²) in [6, 6.07) is 13.6. The number of anilines is 1. The number of hydrogen-bond acceptors (Lipinski definition) is 4. The first-order valence-electron chi connectivity index (χ1n) is 8.19. The fourth-order valence-electron chi connectivity index (χ4n) is 2.57. The molecule has 0 saturated carbocycles. The molecule has 134 valence electrons. The lowest BCUT2D eigenvalue weighted by Gasteiger charge is -2.11. The summed E-state index contributed by atoms with van der Waals surface area (Å²) in [4.78, 5) is 17.5. The van der Waals surface area contributed by atoms with Gasteiger partial charge in [0.05, 0.1) is 0 Å². The van der Waals surface area contributed by atoms with Crippen molar-refractivity contribution in [2.24, 2.45) is 0 Å². The van der Waals surface area contributed by atoms with E-state index in [0.29, 0.717) is 5.13 Å². The molecule has 0 aliphatic rings. The Labute approximate surface area is 161 Å². The molecule has 0 atom stereocenters. The first kappa shape index (κ1) is 18.4. The molecule has 6 heteroatoms. The Hall–Kier alpha value is -2.37. The number of nitrogens with zero attached hydrogens (tertiary/aromatic N) is 1. The number of hydrogen-bond donors (Lipinski definition) is 1. The van der Waals surface area contributed by atoms with E-state index in [1.54, 1.807) is 6.20 Å². The smallest absolute Gasteiger partial charge is 0.264 e. The van der Waals surface area contributed by atoms with Crippen molar-refractivity contribution >= 4 is 34.0 Å². The SMILES string of the molecule is Cc1cccc(C)c1OCC(=O)Nc1ncc(Cc2ccc(Cl)cc2)s1. The predicted octanol–water partition coefficient (Wildman–Crippen LogP) is 5.02. The van der Waals surface area contributed by atoms with Gasteiger partial charge in [0.15, 0.2) is 11.7 Å². The number of aromatic nitrogens is 1. The van der Waals surface area contributed by atoms with Crippen molar-refractivity contribution in [2.45, 2.75) is 20.3 Å². The van der Waals surface area contributed by atoms with Gasteiger partial charge in [0, 0.05) is 22.5 Å². The zero-order valence-corrected chi connectivity index (χ0v) is 16.2. The second-order valence-electron chi connectivity index (χ2n) is 5.99. The van der Waals surface area contributed by atoms with E-state index >= 15 is 0 Å². The van der Waals surface area contributed by atoms with Gasteiger partial charge in [0.2, 0.25) is 0 Å². The monoisotopic (exact) mass is 386 g/mol. The highest BCUT2D eigenvalue weighted by atomic mass is 35.5. The zero-order valence-electron chi connectivity index (χ0n) is 14.6. The number of rotatable bonds is 6. The van der Waals surface area contributed by atoms with Gasteiger partial charge >= 0.3 is 0 Å². The maximum absolute atomic E-state index is 12.1. The number of thiazole rings is 1. The third-order valence-corrected chi connectivity index (χ3v) is 5.01. The van der Waals surface area contributed by atoms with Crippen molar-refractivity contribution < 1.29 is 9.53 Å². The molecule has 1 heterocycles. The molecule has 2 aromatic carbocycles. The van der Waals surface area contributed by atoms with Gasteiger partial charge in [-0.15, -0.1) is 11.3 Å². The van der Waals surface area contributed by atoms with Crippen LogP contribution in [0.4, 0.5) is 5.13 Å². The summed E-state index contributed by atoms with van der Waals surface area (Å²) in [5, 5.41) is 4.08. The van der Waals surface area contributed by atoms with E-state index in [-0.39, 0.29) is 12.5 Å². The molecule has 0 aliphatic heterocycles. The topological polar surface area (TPSA) is 51.2 Å². The van der Waals surface area contributed by atoms with Crippen LogP contribution in [-0.2, 0) is 11.2 Å². The highest BCUT2D eigenvalue weighted by molar-refractivity contribution is 7.15. The lowest BCUT2D eigenvalue weighted by Crippen LogP contribution is -2.20. The van der Waals surface area contributed by atoms with Gasteiger partial charge in [0.1, 0.15) is 5.75 Å². The van der Waals surface area contributed by atoms with Crippen LogP contribution in [0.25, 0.3) is 0 Å². The number of benzene rings is 2. The summed E-state index contributed by atoms with van der Waals surface area (Å²) in [6.07, 6.45) is 2.53. The van der Waals surface area contributed by atoms with E-state index in [9.17, 15) is 4.79 Å². The summed E-state index contributed by atoms with van der Waals surface area (Å²) < 4.78 is 5.67. The Morgan fingerprint density at radius 3 is 2.54 bits per heavy atom. The second kappa shape index (κ2) is 8.34. The van der Waals surface area contributed by atoms with Gasteiger partial charge in [-0.25, -0.2) is 4.98 Å². The van der Waals surface area contributed by atoms with Crippen LogP contribution in [0.1, 0.15) is 21.6 Å². The molecular formula is C20H19ClN2O2S. The highest BCUT2D eigenvalue weighted by Gasteiger charge is 2.10. The fourth-order valence-corrected chi connectivity index (χ4v) is 3.56. The van der Waals surface area contributed by atoms with Gasteiger partial charge in [-0.3, -0.25) is 10.1 Å². The normalized spacial score (nSPS) is 10.6. The molecule has 1 N–H and O–H groups in total. The van der Waals surface area contributed by atoms with E-state index in [4.69, 9.17) is 16.3 Å². The summed E-state index contributed by atoms with van der Waals surface area (Å²) >= 11 is 7.36. The van der Waals surface area contributed by atoms with Gasteiger partial charge in [-0.1, -0.05) is 41.9 Å². The molecule has 4 nitrogen and oxygen atoms in total. The molecule has 0 saturated heterocycles. The van der Waals surface area contributed by atoms with Gasteiger partial charge in [-0.2, -0.15) is 0 Å². The Morgan fingerprint density at radius 2 is 1.85 bits per heavy atom. The van der Waals surface area contributed by atoms with E-state index in [1.165, 1.54) is 11.3 Å². The van der Waals surface area contributed by atoms with Crippen LogP contribution >= 0.6 is 22.9 Å². The van der Waals surface area contributed by atoms with Crippen LogP contribution in [0.5, 0.6) is 5.75 Å². The number of amides is 1. The average Bonchev–Trinajstić information content (AvgIpc) is 3.03. The molecule has 26 heavy (non-hydrogen) atoms. The van der Waals surface area contributed by atoms with Crippen LogP contribution in [-0.4, -0.2) is 17.5 Å². The first-order chi connectivity index (χ1) is 12.5. The number of carbonyl (C=O) groups excluding carboxylic acids is 1. The Kier molecular flexibility index (Phi) is 5.91. The van der Waals surface area contributed by atoms with Gasteiger partial charge in [-0.05, 0) is 42.7 Å². The van der Waals surface area contributed by atoms with Crippen molar-refractivity contribution in [3.8, 4) is 5.75 Å². The Balaban J connectivity index is 1.55. The van der Waals surface area contributed by atoms with E-state index < -0.39 is 0 Å². The summed E-state index contributed by atoms with van der Waals surface area (Å²) in [6.45, 7) is 3.88. The lowest BCUT2D eigenvalue weighted by atomic mass is 10.1. The van der Waals surface area contributed by atoms with Crippen LogP contribution < -0.4 is 10.1 Å². The molecule has 0 radical (unpaired) electrons. The minimum atomic E-state index is -0.222. The average molecular weight is 387 g/mol. The largest absolute Gasteiger partial charge is 0.483 e. The standard InChI is InChI=1S/C20H19ClN2O2S/c1-13-4-3-5-14(2)19(13)25-12-18(24)23-20-22-11-17(26-20)10-15-6-8-16(21)9-7-15/h3-9,11H,10,12H2,1-2H3,(H,22,23,24). The van der Waals surface area contributed by atoms with Crippen molar-refractivity contribution in [1.29, 1.82) is 0 Å². The number of carbonyl (C=O) groups is 1. The maximum Gasteiger partial charge on any atom is 0.264 e. The van der Waals surface area contributed by atoms with Crippen LogP contribution in [0.15, 0.2) is 48.7 Å². The van der Waals surface area contributed by atoms with Crippen molar-refractivity contribution in [1.82, 2.24) is 4.98 Å².